The van der Waals surface area contributed by atoms with Crippen LogP contribution in [0.5, 0.6) is 0 Å². The Hall–Kier alpha value is -6.04. The molecule has 1 aliphatic rings. The zero-order valence-electron chi connectivity index (χ0n) is 34.3. The number of benzene rings is 7. The smallest absolute Gasteiger partial charge is 0.145 e. The van der Waals surface area contributed by atoms with Crippen molar-refractivity contribution in [2.75, 3.05) is 17.1 Å². The summed E-state index contributed by atoms with van der Waals surface area (Å²) in [5, 5.41) is 9.38. The van der Waals surface area contributed by atoms with E-state index in [1.54, 1.807) is 11.1 Å². The number of hydroxylamine groups is 1. The van der Waals surface area contributed by atoms with Crippen LogP contribution in [0.2, 0.25) is 0 Å². The molecule has 5 nitrogen and oxygen atoms in total. The monoisotopic (exact) mass is 937 g/mol. The molecule has 3 heterocycles. The van der Waals surface area contributed by atoms with Crippen molar-refractivity contribution in [1.29, 1.82) is 0 Å². The van der Waals surface area contributed by atoms with Crippen LogP contribution in [-0.2, 0) is 21.1 Å². The first kappa shape index (κ1) is 33.1. The summed E-state index contributed by atoms with van der Waals surface area (Å²) in [6.07, 6.45) is 1.91. The number of para-hydroxylation sites is 3. The summed E-state index contributed by atoms with van der Waals surface area (Å²) in [6.45, 7) is 1.85. The summed E-state index contributed by atoms with van der Waals surface area (Å²) in [5.41, 5.74) is 8.59. The molecule has 280 valence electrons. The quantitative estimate of drug-likeness (QED) is 0.0695. The Kier molecular flexibility index (Phi) is 8.60. The second-order valence-corrected chi connectivity index (χ2v) is 18.0. The number of nitrogens with zero attached hydrogens (tertiary/aromatic N) is 4. The summed E-state index contributed by atoms with van der Waals surface area (Å²) in [4.78, 5) is 9.68. The molecule has 9 aromatic rings. The summed E-state index contributed by atoms with van der Waals surface area (Å²) >= 11 is 0. The molecule has 2 aromatic heterocycles. The molecule has 0 saturated heterocycles. The molecule has 7 heteroatoms. The third-order valence-corrected chi connectivity index (χ3v) is 15.7. The van der Waals surface area contributed by atoms with Crippen LogP contribution in [0.15, 0.2) is 176 Å². The van der Waals surface area contributed by atoms with E-state index in [1.807, 2.05) is 36.5 Å². The zero-order chi connectivity index (χ0) is 40.3. The van der Waals surface area contributed by atoms with Gasteiger partial charge in [-0.25, -0.2) is 4.98 Å². The number of aromatic nitrogens is 2. The Bertz CT molecular complexity index is 2970. The largest absolute Gasteiger partial charge is 0.319 e. The molecule has 1 aliphatic heterocycles. The van der Waals surface area contributed by atoms with Gasteiger partial charge in [0.2, 0.25) is 0 Å². The van der Waals surface area contributed by atoms with Crippen molar-refractivity contribution in [3.8, 4) is 16.9 Å². The van der Waals surface area contributed by atoms with Crippen molar-refractivity contribution in [2.24, 2.45) is 0 Å². The minimum absolute atomic E-state index is 0. The predicted octanol–water partition coefficient (Wildman–Crippen LogP) is 8.87. The van der Waals surface area contributed by atoms with Gasteiger partial charge in [-0.3, -0.25) is 0 Å². The van der Waals surface area contributed by atoms with Gasteiger partial charge in [-0.1, -0.05) is 115 Å². The summed E-state index contributed by atoms with van der Waals surface area (Å²) in [7, 11) is -3.23. The van der Waals surface area contributed by atoms with Crippen LogP contribution in [0.4, 0.5) is 17.1 Å². The Labute approximate surface area is 352 Å². The molecule has 0 atom stereocenters. The molecule has 0 fully saturated rings. The van der Waals surface area contributed by atoms with Crippen molar-refractivity contribution < 1.29 is 30.1 Å². The number of rotatable bonds is 7. The Morgan fingerprint density at radius 3 is 2.00 bits per heavy atom. The fourth-order valence-electron chi connectivity index (χ4n) is 8.61. The second kappa shape index (κ2) is 14.8. The van der Waals surface area contributed by atoms with E-state index in [-0.39, 0.29) is 21.1 Å². The van der Waals surface area contributed by atoms with Gasteiger partial charge in [-0.15, -0.1) is 21.6 Å². The van der Waals surface area contributed by atoms with Gasteiger partial charge in [0.1, 0.15) is 25.3 Å². The molecule has 1 N–H and O–H groups in total. The van der Waals surface area contributed by atoms with Crippen molar-refractivity contribution in [3.63, 3.8) is 0 Å². The topological polar surface area (TPSA) is 37.1 Å². The standard InChI is InChI=1S/C50H38N4OSi.Pt/c1-35-16-14-17-36(2)50(35)37-30-31-51-49(32-37)53-45-25-11-10-24-43(45)44-29-28-42(34-48(44)53)56(39-19-6-4-7-20-39,40-21-8-5-9-22-40)41-23-15-18-38(33-41)54-47-27-13-12-26-46(47)52(3)55-54;/h4-32H,1-3H3;/q-2;/p+1/i3D3;. The molecule has 0 saturated carbocycles. The molecule has 0 aliphatic carbocycles. The molecule has 0 amide bonds. The van der Waals surface area contributed by atoms with E-state index in [2.05, 4.69) is 169 Å². The van der Waals surface area contributed by atoms with Gasteiger partial charge in [-0.2, -0.15) is 51.7 Å². The van der Waals surface area contributed by atoms with E-state index in [0.717, 1.165) is 59.0 Å². The maximum Gasteiger partial charge on any atom is 0.145 e. The number of hydrogen-bond donors (Lipinski definition) is 0. The fraction of sp³-hybridized carbons (Fsp3) is 0.0600. The molecule has 10 rings (SSSR count). The van der Waals surface area contributed by atoms with E-state index in [1.165, 1.54) is 16.7 Å². The zero-order valence-corrected chi connectivity index (χ0v) is 34.6. The molecule has 0 radical (unpaired) electrons. The Balaban J connectivity index is 0.00000462. The Morgan fingerprint density at radius 1 is 0.614 bits per heavy atom. The van der Waals surface area contributed by atoms with Crippen molar-refractivity contribution in [3.05, 3.63) is 199 Å². The van der Waals surface area contributed by atoms with E-state index in [9.17, 15) is 0 Å². The van der Waals surface area contributed by atoms with Crippen molar-refractivity contribution >= 4 is 67.7 Å². The first-order valence-electron chi connectivity index (χ1n) is 20.3. The molecular formula is C50H39N4OPtSi-. The second-order valence-electron chi connectivity index (χ2n) is 14.3. The number of aryl methyl sites for hydroxylation is 2. The van der Waals surface area contributed by atoms with Gasteiger partial charge in [0.25, 0.3) is 0 Å². The summed E-state index contributed by atoms with van der Waals surface area (Å²) < 4.78 is 27.1. The SMILES string of the molecule is [2H]C([2H])([2H])N1[OH+]N(c2[c-]c([Si](c3[c-]c4c(cc3)c3ccccc3n4-c3cc(-c4c(C)cccc4C)ccn3)(c3ccccc3)c3ccccc3)ccc2)c2ccccc21.[Pt]. The van der Waals surface area contributed by atoms with Crippen LogP contribution < -0.4 is 30.9 Å². The van der Waals surface area contributed by atoms with Crippen LogP contribution in [0.3, 0.4) is 0 Å². The molecule has 0 bridgehead atoms. The van der Waals surface area contributed by atoms with Crippen LogP contribution in [0.25, 0.3) is 38.8 Å². The average molecular weight is 938 g/mol. The van der Waals surface area contributed by atoms with E-state index in [0.29, 0.717) is 17.1 Å². The van der Waals surface area contributed by atoms with Crippen molar-refractivity contribution in [1.82, 2.24) is 9.55 Å². The molecule has 57 heavy (non-hydrogen) atoms. The maximum atomic E-state index is 8.28. The van der Waals surface area contributed by atoms with Gasteiger partial charge in [0, 0.05) is 38.5 Å². The van der Waals surface area contributed by atoms with E-state index >= 15 is 0 Å². The number of fused-ring (bicyclic) bond motifs is 4. The number of pyridine rings is 1. The van der Waals surface area contributed by atoms with Crippen LogP contribution in [-0.4, -0.2) is 29.5 Å². The number of hydrogen-bond acceptors (Lipinski definition) is 3. The number of anilines is 3. The van der Waals surface area contributed by atoms with Crippen LogP contribution in [0, 0.1) is 26.0 Å². The minimum Gasteiger partial charge on any atom is -0.319 e. The third-order valence-electron chi connectivity index (χ3n) is 11.1. The summed E-state index contributed by atoms with van der Waals surface area (Å²) in [5.74, 6) is 0.818. The van der Waals surface area contributed by atoms with Crippen LogP contribution >= 0.6 is 0 Å². The van der Waals surface area contributed by atoms with Gasteiger partial charge in [0.05, 0.1) is 11.1 Å². The molecular weight excluding hydrogens is 896 g/mol. The van der Waals surface area contributed by atoms with E-state index in [4.69, 9.17) is 9.10 Å². The maximum absolute atomic E-state index is 8.28. The Morgan fingerprint density at radius 2 is 1.26 bits per heavy atom. The molecule has 7 aromatic carbocycles. The van der Waals surface area contributed by atoms with Gasteiger partial charge >= 0.3 is 0 Å². The van der Waals surface area contributed by atoms with Gasteiger partial charge in [0.15, 0.2) is 0 Å². The van der Waals surface area contributed by atoms with Crippen LogP contribution in [0.1, 0.15) is 15.2 Å². The third kappa shape index (κ3) is 5.95. The first-order chi connectivity index (χ1) is 28.7. The van der Waals surface area contributed by atoms with E-state index < -0.39 is 15.0 Å². The van der Waals surface area contributed by atoms with Crippen molar-refractivity contribution in [2.45, 2.75) is 13.8 Å². The first-order valence-corrected chi connectivity index (χ1v) is 20.8. The average Bonchev–Trinajstić information content (AvgIpc) is 3.82. The molecule has 0 unspecified atom stereocenters. The van der Waals surface area contributed by atoms with Gasteiger partial charge < -0.3 is 4.57 Å². The summed E-state index contributed by atoms with van der Waals surface area (Å²) in [6, 6.07) is 66.5. The van der Waals surface area contributed by atoms with Gasteiger partial charge in [-0.05, 0) is 82.2 Å². The molecule has 0 spiro atoms. The normalized spacial score (nSPS) is 13.5. The minimum atomic E-state index is -3.23. The predicted molar refractivity (Wildman–Crippen MR) is 234 cm³/mol. The fourth-order valence-corrected chi connectivity index (χ4v) is 13.2.